The van der Waals surface area contributed by atoms with Crippen LogP contribution in [-0.4, -0.2) is 31.6 Å². The molecule has 0 fully saturated rings. The molecular formula is C12H21N3O2S. The van der Waals surface area contributed by atoms with Crippen LogP contribution in [0.1, 0.15) is 32.2 Å². The first kappa shape index (κ1) is 15.0. The summed E-state index contributed by atoms with van der Waals surface area (Å²) in [6.45, 7) is 8.52. The van der Waals surface area contributed by atoms with Gasteiger partial charge in [0.2, 0.25) is 0 Å². The highest BCUT2D eigenvalue weighted by Crippen LogP contribution is 2.30. The van der Waals surface area contributed by atoms with Crippen LogP contribution in [0.25, 0.3) is 0 Å². The fourth-order valence-electron chi connectivity index (χ4n) is 1.64. The minimum Gasteiger partial charge on any atom is -0.480 e. The summed E-state index contributed by atoms with van der Waals surface area (Å²) in [7, 11) is 0. The van der Waals surface area contributed by atoms with Gasteiger partial charge in [-0.25, -0.2) is 0 Å². The first-order valence-electron chi connectivity index (χ1n) is 5.93. The monoisotopic (exact) mass is 271 g/mol. The third kappa shape index (κ3) is 3.49. The normalized spacial score (nSPS) is 13.6. The molecule has 1 aromatic heterocycles. The number of nitrogens with zero attached hydrogens (tertiary/aromatic N) is 2. The van der Waals surface area contributed by atoms with Gasteiger partial charge in [-0.1, -0.05) is 0 Å². The van der Waals surface area contributed by atoms with E-state index >= 15 is 0 Å². The van der Waals surface area contributed by atoms with Crippen LogP contribution in [-0.2, 0) is 17.1 Å². The van der Waals surface area contributed by atoms with Crippen LogP contribution >= 0.6 is 11.8 Å². The van der Waals surface area contributed by atoms with Gasteiger partial charge in [-0.15, -0.1) is 11.8 Å². The van der Waals surface area contributed by atoms with E-state index in [0.717, 1.165) is 17.9 Å². The first-order valence-corrected chi connectivity index (χ1v) is 6.92. The molecule has 0 aliphatic carbocycles. The zero-order valence-corrected chi connectivity index (χ0v) is 12.1. The summed E-state index contributed by atoms with van der Waals surface area (Å²) in [5.41, 5.74) is 7.77. The lowest BCUT2D eigenvalue weighted by molar-refractivity contribution is -0.139. The van der Waals surface area contributed by atoms with E-state index in [0.29, 0.717) is 5.75 Å². The van der Waals surface area contributed by atoms with Crippen molar-refractivity contribution >= 4 is 17.7 Å². The van der Waals surface area contributed by atoms with Crippen molar-refractivity contribution in [2.45, 2.75) is 50.8 Å². The summed E-state index contributed by atoms with van der Waals surface area (Å²) in [6.07, 6.45) is 0. The number of aryl methyl sites for hydroxylation is 2. The van der Waals surface area contributed by atoms with E-state index in [4.69, 9.17) is 10.8 Å². The quantitative estimate of drug-likeness (QED) is 0.822. The van der Waals surface area contributed by atoms with E-state index in [2.05, 4.69) is 5.10 Å². The lowest BCUT2D eigenvalue weighted by atomic mass is 10.1. The highest BCUT2D eigenvalue weighted by Gasteiger charge is 2.32. The van der Waals surface area contributed by atoms with E-state index in [1.165, 1.54) is 0 Å². The predicted molar refractivity (Wildman–Crippen MR) is 73.6 cm³/mol. The number of thioether (sulfide) groups is 1. The van der Waals surface area contributed by atoms with Crippen LogP contribution < -0.4 is 5.73 Å². The molecule has 0 saturated heterocycles. The SMILES string of the molecule is CCn1nc(C)cc1CSC(C)(C)[C@H](N)C(=O)O. The van der Waals surface area contributed by atoms with E-state index < -0.39 is 16.8 Å². The second-order valence-corrected chi connectivity index (χ2v) is 6.43. The molecule has 0 saturated carbocycles. The molecule has 0 radical (unpaired) electrons. The third-order valence-electron chi connectivity index (χ3n) is 2.89. The van der Waals surface area contributed by atoms with Gasteiger partial charge in [-0.05, 0) is 33.8 Å². The van der Waals surface area contributed by atoms with Gasteiger partial charge in [0, 0.05) is 22.7 Å². The summed E-state index contributed by atoms with van der Waals surface area (Å²) in [5.74, 6) is -0.254. The standard InChI is InChI=1S/C12H21N3O2S/c1-5-15-9(6-8(2)14-15)7-18-12(3,4)10(13)11(16)17/h6,10H,5,7,13H2,1-4H3,(H,16,17)/t10-/m1/s1. The topological polar surface area (TPSA) is 81.1 Å². The number of nitrogens with two attached hydrogens (primary N) is 1. The molecular weight excluding hydrogens is 250 g/mol. The number of rotatable bonds is 6. The Hall–Kier alpha value is -1.01. The molecule has 0 aromatic carbocycles. The maximum Gasteiger partial charge on any atom is 0.321 e. The lowest BCUT2D eigenvalue weighted by Crippen LogP contribution is -2.46. The fraction of sp³-hybridized carbons (Fsp3) is 0.667. The first-order chi connectivity index (χ1) is 8.27. The van der Waals surface area contributed by atoms with Crippen LogP contribution in [0.15, 0.2) is 6.07 Å². The second kappa shape index (κ2) is 5.75. The Kier molecular flexibility index (Phi) is 4.81. The van der Waals surface area contributed by atoms with Gasteiger partial charge in [0.25, 0.3) is 0 Å². The zero-order chi connectivity index (χ0) is 13.9. The molecule has 18 heavy (non-hydrogen) atoms. The van der Waals surface area contributed by atoms with Gasteiger partial charge < -0.3 is 10.8 Å². The maximum atomic E-state index is 10.9. The molecule has 1 aromatic rings. The highest BCUT2D eigenvalue weighted by atomic mass is 32.2. The zero-order valence-electron chi connectivity index (χ0n) is 11.3. The largest absolute Gasteiger partial charge is 0.480 e. The summed E-state index contributed by atoms with van der Waals surface area (Å²) in [5, 5.41) is 13.3. The Labute approximate surface area is 112 Å². The van der Waals surface area contributed by atoms with E-state index in [9.17, 15) is 4.79 Å². The molecule has 0 aliphatic rings. The highest BCUT2D eigenvalue weighted by molar-refractivity contribution is 7.99. The van der Waals surface area contributed by atoms with Crippen LogP contribution in [0, 0.1) is 6.92 Å². The minimum absolute atomic E-state index is 0.511. The Balaban J connectivity index is 2.72. The summed E-state index contributed by atoms with van der Waals surface area (Å²) < 4.78 is 1.42. The molecule has 0 unspecified atom stereocenters. The van der Waals surface area contributed by atoms with Crippen molar-refractivity contribution in [3.63, 3.8) is 0 Å². The molecule has 6 heteroatoms. The predicted octanol–water partition coefficient (Wildman–Crippen LogP) is 1.64. The molecule has 0 amide bonds. The Bertz CT molecular complexity index is 429. The van der Waals surface area contributed by atoms with Crippen LogP contribution in [0.5, 0.6) is 0 Å². The molecule has 102 valence electrons. The number of hydrogen-bond acceptors (Lipinski definition) is 4. The van der Waals surface area contributed by atoms with Crippen LogP contribution in [0.2, 0.25) is 0 Å². The smallest absolute Gasteiger partial charge is 0.321 e. The summed E-state index contributed by atoms with van der Waals surface area (Å²) in [4.78, 5) is 10.9. The molecule has 5 nitrogen and oxygen atoms in total. The number of hydrogen-bond donors (Lipinski definition) is 2. The number of carbonyl (C=O) groups is 1. The van der Waals surface area contributed by atoms with Crippen molar-refractivity contribution in [2.24, 2.45) is 5.73 Å². The molecule has 1 rings (SSSR count). The maximum absolute atomic E-state index is 10.9. The molecule has 1 atom stereocenters. The van der Waals surface area contributed by atoms with Crippen molar-refractivity contribution < 1.29 is 9.90 Å². The van der Waals surface area contributed by atoms with E-state index in [1.807, 2.05) is 38.4 Å². The molecule has 0 spiro atoms. The third-order valence-corrected chi connectivity index (χ3v) is 4.33. The second-order valence-electron chi connectivity index (χ2n) is 4.80. The molecule has 0 bridgehead atoms. The average Bonchev–Trinajstić information content (AvgIpc) is 2.66. The van der Waals surface area contributed by atoms with Gasteiger partial charge >= 0.3 is 5.97 Å². The molecule has 3 N–H and O–H groups in total. The summed E-state index contributed by atoms with van der Waals surface area (Å²) in [6, 6.07) is 1.15. The van der Waals surface area contributed by atoms with Crippen molar-refractivity contribution in [2.75, 3.05) is 0 Å². The number of aromatic nitrogens is 2. The van der Waals surface area contributed by atoms with E-state index in [1.54, 1.807) is 11.8 Å². The van der Waals surface area contributed by atoms with Crippen molar-refractivity contribution in [3.8, 4) is 0 Å². The van der Waals surface area contributed by atoms with Crippen molar-refractivity contribution in [3.05, 3.63) is 17.5 Å². The van der Waals surface area contributed by atoms with Gasteiger partial charge in [0.1, 0.15) is 6.04 Å². The van der Waals surface area contributed by atoms with E-state index in [-0.39, 0.29) is 0 Å². The Morgan fingerprint density at radius 3 is 2.78 bits per heavy atom. The van der Waals surface area contributed by atoms with Gasteiger partial charge in [-0.2, -0.15) is 5.10 Å². The lowest BCUT2D eigenvalue weighted by Gasteiger charge is -2.27. The Morgan fingerprint density at radius 1 is 1.67 bits per heavy atom. The van der Waals surface area contributed by atoms with Gasteiger partial charge in [-0.3, -0.25) is 9.48 Å². The van der Waals surface area contributed by atoms with Gasteiger partial charge in [0.15, 0.2) is 0 Å². The number of aliphatic carboxylic acids is 1. The van der Waals surface area contributed by atoms with Crippen molar-refractivity contribution in [1.82, 2.24) is 9.78 Å². The minimum atomic E-state index is -0.965. The van der Waals surface area contributed by atoms with Crippen LogP contribution in [0.4, 0.5) is 0 Å². The summed E-state index contributed by atoms with van der Waals surface area (Å²) >= 11 is 1.54. The number of carboxylic acids is 1. The Morgan fingerprint density at radius 2 is 2.28 bits per heavy atom. The van der Waals surface area contributed by atoms with Gasteiger partial charge in [0.05, 0.1) is 5.69 Å². The fourth-order valence-corrected chi connectivity index (χ4v) is 2.67. The number of carboxylic acid groups (broad SMARTS) is 1. The van der Waals surface area contributed by atoms with Crippen molar-refractivity contribution in [1.29, 1.82) is 0 Å². The molecule has 1 heterocycles. The average molecular weight is 271 g/mol. The van der Waals surface area contributed by atoms with Crippen LogP contribution in [0.3, 0.4) is 0 Å². The molecule has 0 aliphatic heterocycles.